The average Bonchev–Trinajstić information content (AvgIpc) is 1.59. The quantitative estimate of drug-likeness (QED) is 0.129. The van der Waals surface area contributed by atoms with Gasteiger partial charge in [0, 0.05) is 125 Å². The second-order valence-electron chi connectivity index (χ2n) is 38.5. The van der Waals surface area contributed by atoms with Crippen molar-refractivity contribution in [3.8, 4) is 95.2 Å². The number of aromatic nitrogens is 5. The van der Waals surface area contributed by atoms with Gasteiger partial charge in [-0.2, -0.15) is 0 Å². The summed E-state index contributed by atoms with van der Waals surface area (Å²) in [4.78, 5) is 0. The SMILES string of the molecule is c1cc(-c2ccc3oc4ccc(-n5c6ccccc6c6ccccc65)cc4c3c2)cc(-n2c3ccccc3c3ccccc32)c1.c1cc(-c2cccc(-c3ccc4oc5ccc(-n6c7ccccc7c7ccccc76)cc5c4c3)c2)cc(-c2ccc3oc4ccccc4c3c2)c1.c1cc(-c2cccc(-n3c4ccccc4c4ccccc43)c2)cc(-c2ccc3oc4ccc(-n5c6ccccc6c6ccccc65)cc4c3c2)c1. The smallest absolute Gasteiger partial charge is 0.135 e. The first-order chi connectivity index (χ1) is 72.8. The molecular formula is C138H85N5O4. The molecule has 9 heterocycles. The van der Waals surface area contributed by atoms with Crippen molar-refractivity contribution in [2.75, 3.05) is 0 Å². The lowest BCUT2D eigenvalue weighted by atomic mass is 9.95. The predicted molar refractivity (Wildman–Crippen MR) is 613 cm³/mol. The Bertz CT molecular complexity index is 10800. The minimum Gasteiger partial charge on any atom is -0.456 e. The van der Waals surface area contributed by atoms with Crippen molar-refractivity contribution in [1.29, 1.82) is 0 Å². The van der Waals surface area contributed by atoms with Gasteiger partial charge in [0.1, 0.15) is 44.7 Å². The molecule has 0 bridgehead atoms. The summed E-state index contributed by atoms with van der Waals surface area (Å²) in [7, 11) is 0. The largest absolute Gasteiger partial charge is 0.456 e. The first kappa shape index (κ1) is 83.1. The molecule has 0 amide bonds. The molecule has 0 N–H and O–H groups in total. The number of para-hydroxylation sites is 11. The van der Waals surface area contributed by atoms with Crippen LogP contribution in [0.2, 0.25) is 0 Å². The van der Waals surface area contributed by atoms with Crippen LogP contribution in [-0.2, 0) is 0 Å². The highest BCUT2D eigenvalue weighted by Gasteiger charge is 2.24. The van der Waals surface area contributed by atoms with E-state index < -0.39 is 0 Å². The molecule has 0 aliphatic heterocycles. The molecule has 9 aromatic heterocycles. The minimum absolute atomic E-state index is 0.888. The molecule has 23 aromatic carbocycles. The minimum atomic E-state index is 0.888. The van der Waals surface area contributed by atoms with Gasteiger partial charge in [0.25, 0.3) is 0 Å². The molecule has 686 valence electrons. The fraction of sp³-hybridized carbons (Fsp3) is 0. The van der Waals surface area contributed by atoms with E-state index in [4.69, 9.17) is 17.7 Å². The third-order valence-electron chi connectivity index (χ3n) is 30.2. The highest BCUT2D eigenvalue weighted by Crippen LogP contribution is 2.46. The second kappa shape index (κ2) is 33.5. The second-order valence-corrected chi connectivity index (χ2v) is 38.5. The molecule has 0 saturated carbocycles. The molecule has 0 saturated heterocycles. The highest BCUT2D eigenvalue weighted by atomic mass is 16.3. The van der Waals surface area contributed by atoms with Crippen LogP contribution in [0.4, 0.5) is 0 Å². The molecular weight excluding hydrogens is 1790 g/mol. The van der Waals surface area contributed by atoms with Crippen molar-refractivity contribution in [1.82, 2.24) is 22.8 Å². The van der Waals surface area contributed by atoms with Crippen LogP contribution in [0.15, 0.2) is 533 Å². The first-order valence-corrected chi connectivity index (χ1v) is 50.1. The van der Waals surface area contributed by atoms with Gasteiger partial charge in [0.15, 0.2) is 0 Å². The maximum absolute atomic E-state index is 6.38. The Morgan fingerprint density at radius 2 is 0.252 bits per heavy atom. The Morgan fingerprint density at radius 1 is 0.0952 bits per heavy atom. The molecule has 32 aromatic rings. The molecule has 0 fully saturated rings. The van der Waals surface area contributed by atoms with Gasteiger partial charge in [-0.3, -0.25) is 0 Å². The Balaban J connectivity index is 0.000000102. The number of furan rings is 4. The van der Waals surface area contributed by atoms with Crippen molar-refractivity contribution in [2.45, 2.75) is 0 Å². The van der Waals surface area contributed by atoms with Crippen LogP contribution in [0.3, 0.4) is 0 Å². The van der Waals surface area contributed by atoms with Crippen molar-refractivity contribution < 1.29 is 17.7 Å². The maximum atomic E-state index is 6.38. The fourth-order valence-corrected chi connectivity index (χ4v) is 23.4. The van der Waals surface area contributed by atoms with Crippen LogP contribution in [0.5, 0.6) is 0 Å². The van der Waals surface area contributed by atoms with E-state index in [0.29, 0.717) is 0 Å². The summed E-state index contributed by atoms with van der Waals surface area (Å²) in [6, 6.07) is 185. The van der Waals surface area contributed by atoms with Crippen LogP contribution in [0.25, 0.3) is 292 Å². The molecule has 0 aliphatic carbocycles. The van der Waals surface area contributed by atoms with Crippen molar-refractivity contribution in [3.05, 3.63) is 516 Å². The van der Waals surface area contributed by atoms with Crippen LogP contribution in [0.1, 0.15) is 0 Å². The van der Waals surface area contributed by atoms with Gasteiger partial charge in [0.2, 0.25) is 0 Å². The third kappa shape index (κ3) is 13.6. The maximum Gasteiger partial charge on any atom is 0.135 e. The summed E-state index contributed by atoms with van der Waals surface area (Å²) in [5.41, 5.74) is 39.0. The Labute approximate surface area is 842 Å². The Hall–Kier alpha value is -19.7. The number of rotatable bonds is 11. The van der Waals surface area contributed by atoms with E-state index in [0.717, 1.165) is 133 Å². The van der Waals surface area contributed by atoms with Crippen molar-refractivity contribution >= 4 is 197 Å². The molecule has 0 unspecified atom stereocenters. The lowest BCUT2D eigenvalue weighted by Crippen LogP contribution is -1.94. The summed E-state index contributed by atoms with van der Waals surface area (Å²) in [6.45, 7) is 0. The molecule has 0 atom stereocenters. The molecule has 32 rings (SSSR count). The molecule has 0 aliphatic rings. The standard InChI is InChI=1S/C48H30N2O.C48H29NO2.C42H26N2O/c1-5-19-43-37(15-1)38-16-2-6-20-44(38)49(43)35-14-10-13-33(28-35)31-11-9-12-32(27-31)34-23-25-47-41(29-34)42-30-36(24-26-48(42)51-47)50-45-21-7-3-17-39(45)40-18-4-8-22-46(40)50;1-4-16-43-37(13-1)38-14-2-5-17-44(38)49(43)36-21-24-48-42(29-36)41-28-35(20-23-47(41)51-48)33-12-8-10-31(26-33)30-9-7-11-32(25-30)34-19-22-46-40(27-34)39-15-3-6-18-45(39)50-46;1-5-16-37-31(12-1)32-13-2-6-17-38(32)43(37)29-11-9-10-27(24-29)28-20-22-41-35(25-28)36-26-30(21-23-42(36)45-41)44-39-18-7-3-14-33(39)34-15-4-8-19-40(34)44/h1-30H;1-29H;1-26H. The van der Waals surface area contributed by atoms with E-state index in [2.05, 4.69) is 526 Å². The third-order valence-corrected chi connectivity index (χ3v) is 30.2. The van der Waals surface area contributed by atoms with Gasteiger partial charge >= 0.3 is 0 Å². The Kier molecular flexibility index (Phi) is 18.9. The number of hydrogen-bond donors (Lipinski definition) is 0. The number of benzene rings is 23. The van der Waals surface area contributed by atoms with E-state index >= 15 is 0 Å². The summed E-state index contributed by atoms with van der Waals surface area (Å²) >= 11 is 0. The normalized spacial score (nSPS) is 11.9. The lowest BCUT2D eigenvalue weighted by Gasteiger charge is -2.11. The van der Waals surface area contributed by atoms with Gasteiger partial charge in [-0.25, -0.2) is 0 Å². The monoisotopic (exact) mass is 1880 g/mol. The van der Waals surface area contributed by atoms with E-state index in [1.165, 1.54) is 159 Å². The van der Waals surface area contributed by atoms with E-state index in [9.17, 15) is 0 Å². The zero-order chi connectivity index (χ0) is 96.4. The predicted octanol–water partition coefficient (Wildman–Crippen LogP) is 38.1. The van der Waals surface area contributed by atoms with E-state index in [-0.39, 0.29) is 0 Å². The number of hydrogen-bond acceptors (Lipinski definition) is 4. The average molecular weight is 1880 g/mol. The number of nitrogens with zero attached hydrogens (tertiary/aromatic N) is 5. The molecule has 9 nitrogen and oxygen atoms in total. The highest BCUT2D eigenvalue weighted by molar-refractivity contribution is 6.17. The molecule has 0 radical (unpaired) electrons. The van der Waals surface area contributed by atoms with E-state index in [1.54, 1.807) is 0 Å². The van der Waals surface area contributed by atoms with Crippen LogP contribution < -0.4 is 0 Å². The summed E-state index contributed by atoms with van der Waals surface area (Å²) in [6.07, 6.45) is 0. The fourth-order valence-electron chi connectivity index (χ4n) is 23.4. The topological polar surface area (TPSA) is 77.2 Å². The van der Waals surface area contributed by atoms with Gasteiger partial charge in [-0.1, -0.05) is 303 Å². The Morgan fingerprint density at radius 3 is 0.483 bits per heavy atom. The summed E-state index contributed by atoms with van der Waals surface area (Å²) in [5.74, 6) is 0. The van der Waals surface area contributed by atoms with Crippen LogP contribution in [-0.4, -0.2) is 22.8 Å². The summed E-state index contributed by atoms with van der Waals surface area (Å²) < 4.78 is 37.0. The molecule has 147 heavy (non-hydrogen) atoms. The first-order valence-electron chi connectivity index (χ1n) is 50.1. The van der Waals surface area contributed by atoms with Crippen LogP contribution in [0, 0.1) is 0 Å². The lowest BCUT2D eigenvalue weighted by molar-refractivity contribution is 0.668. The van der Waals surface area contributed by atoms with Gasteiger partial charge in [-0.15, -0.1) is 0 Å². The molecule has 9 heteroatoms. The van der Waals surface area contributed by atoms with Crippen LogP contribution >= 0.6 is 0 Å². The van der Waals surface area contributed by atoms with Crippen molar-refractivity contribution in [2.24, 2.45) is 0 Å². The van der Waals surface area contributed by atoms with Crippen molar-refractivity contribution in [3.63, 3.8) is 0 Å². The number of fused-ring (bicyclic) bond motifs is 27. The van der Waals surface area contributed by atoms with Gasteiger partial charge < -0.3 is 40.5 Å². The van der Waals surface area contributed by atoms with Gasteiger partial charge in [-0.05, 0) is 279 Å². The zero-order valence-corrected chi connectivity index (χ0v) is 79.4. The van der Waals surface area contributed by atoms with Gasteiger partial charge in [0.05, 0.1) is 55.2 Å². The zero-order valence-electron chi connectivity index (χ0n) is 79.4. The van der Waals surface area contributed by atoms with E-state index in [1.807, 2.05) is 12.1 Å². The summed E-state index contributed by atoms with van der Waals surface area (Å²) in [5, 5.41) is 21.6. The molecule has 0 spiro atoms.